The molecule has 0 amide bonds. The summed E-state index contributed by atoms with van der Waals surface area (Å²) in [6, 6.07) is 7.41. The van der Waals surface area contributed by atoms with E-state index in [1.807, 2.05) is 19.1 Å². The molecule has 0 radical (unpaired) electrons. The van der Waals surface area contributed by atoms with Crippen LogP contribution in [0.1, 0.15) is 15.9 Å². The first-order valence-electron chi connectivity index (χ1n) is 6.48. The molecule has 8 heteroatoms. The fraction of sp³-hybridized carbons (Fsp3) is 0.143. The fourth-order valence-electron chi connectivity index (χ4n) is 1.94. The Morgan fingerprint density at radius 3 is 2.68 bits per heavy atom. The molecule has 112 valence electrons. The smallest absolute Gasteiger partial charge is 0.277 e. The predicted octanol–water partition coefficient (Wildman–Crippen LogP) is 2.59. The molecule has 3 aromatic rings. The number of imidazole rings is 1. The molecule has 6 nitrogen and oxygen atoms in total. The number of hydrogen-bond acceptors (Lipinski definition) is 5. The van der Waals surface area contributed by atoms with Gasteiger partial charge in [-0.3, -0.25) is 14.6 Å². The lowest BCUT2D eigenvalue weighted by molar-refractivity contribution is 0.102. The molecule has 2 aromatic heterocycles. The summed E-state index contributed by atoms with van der Waals surface area (Å²) in [6.07, 6.45) is 0. The van der Waals surface area contributed by atoms with Crippen molar-refractivity contribution in [3.8, 4) is 0 Å². The highest BCUT2D eigenvalue weighted by Gasteiger charge is 2.11. The second kappa shape index (κ2) is 5.90. The lowest BCUT2D eigenvalue weighted by atomic mass is 10.1. The first kappa shape index (κ1) is 14.7. The Kier molecular flexibility index (Phi) is 3.95. The van der Waals surface area contributed by atoms with Gasteiger partial charge in [0.1, 0.15) is 5.52 Å². The van der Waals surface area contributed by atoms with E-state index in [0.717, 1.165) is 5.56 Å². The third-order valence-electron chi connectivity index (χ3n) is 3.08. The standard InChI is InChI=1S/C14H12N4O2S2/c1-7-2-4-8(5-3-7)9(19)6-22-14-15-10-11(17-14)16-13(21)18-12(10)20/h2-5H,6H2,1H3,(H3,15,16,17,18,20,21). The topological polar surface area (TPSA) is 94.4 Å². The van der Waals surface area contributed by atoms with E-state index in [-0.39, 0.29) is 21.9 Å². The lowest BCUT2D eigenvalue weighted by Gasteiger charge is -2.00. The van der Waals surface area contributed by atoms with Crippen LogP contribution in [0.4, 0.5) is 0 Å². The van der Waals surface area contributed by atoms with E-state index in [1.54, 1.807) is 12.1 Å². The van der Waals surface area contributed by atoms with Gasteiger partial charge in [-0.05, 0) is 19.1 Å². The Morgan fingerprint density at radius 1 is 1.23 bits per heavy atom. The Bertz CT molecular complexity index is 953. The molecule has 0 atom stereocenters. The van der Waals surface area contributed by atoms with Gasteiger partial charge in [0.15, 0.2) is 21.4 Å². The van der Waals surface area contributed by atoms with Crippen molar-refractivity contribution in [3.63, 3.8) is 0 Å². The van der Waals surface area contributed by atoms with Crippen LogP contribution >= 0.6 is 24.0 Å². The van der Waals surface area contributed by atoms with Crippen LogP contribution in [0.25, 0.3) is 11.2 Å². The number of benzene rings is 1. The van der Waals surface area contributed by atoms with Gasteiger partial charge in [-0.15, -0.1) is 0 Å². The largest absolute Gasteiger partial charge is 0.327 e. The number of nitrogens with zero attached hydrogens (tertiary/aromatic N) is 1. The quantitative estimate of drug-likeness (QED) is 0.388. The summed E-state index contributed by atoms with van der Waals surface area (Å²) in [4.78, 5) is 36.2. The van der Waals surface area contributed by atoms with E-state index in [1.165, 1.54) is 11.8 Å². The Balaban J connectivity index is 1.78. The molecule has 0 bridgehead atoms. The zero-order chi connectivity index (χ0) is 15.7. The maximum Gasteiger partial charge on any atom is 0.277 e. The SMILES string of the molecule is Cc1ccc(C(=O)CSc2nc3[nH]c(=S)[nH]c(=O)c3[nH]2)cc1. The number of aromatic nitrogens is 4. The molecule has 0 aliphatic carbocycles. The highest BCUT2D eigenvalue weighted by molar-refractivity contribution is 7.99. The number of Topliss-reactive ketones (excluding diaryl/α,β-unsaturated/α-hetero) is 1. The van der Waals surface area contributed by atoms with Crippen molar-refractivity contribution in [1.29, 1.82) is 0 Å². The van der Waals surface area contributed by atoms with E-state index in [2.05, 4.69) is 19.9 Å². The first-order valence-corrected chi connectivity index (χ1v) is 7.87. The monoisotopic (exact) mass is 332 g/mol. The second-order valence-corrected chi connectivity index (χ2v) is 6.12. The average Bonchev–Trinajstić information content (AvgIpc) is 2.89. The number of nitrogens with one attached hydrogen (secondary N) is 3. The molecule has 0 saturated heterocycles. The van der Waals surface area contributed by atoms with Gasteiger partial charge in [-0.1, -0.05) is 41.6 Å². The van der Waals surface area contributed by atoms with Gasteiger partial charge in [-0.2, -0.15) is 0 Å². The number of carbonyl (C=O) groups is 1. The molecule has 0 saturated carbocycles. The minimum Gasteiger partial charge on any atom is -0.327 e. The van der Waals surface area contributed by atoms with Gasteiger partial charge in [0.25, 0.3) is 5.56 Å². The average molecular weight is 332 g/mol. The number of H-pyrrole nitrogens is 3. The van der Waals surface area contributed by atoms with Crippen molar-refractivity contribution in [3.05, 3.63) is 50.5 Å². The van der Waals surface area contributed by atoms with Crippen molar-refractivity contribution in [2.45, 2.75) is 12.1 Å². The van der Waals surface area contributed by atoms with Gasteiger partial charge in [0, 0.05) is 5.56 Å². The van der Waals surface area contributed by atoms with Crippen LogP contribution in [0.3, 0.4) is 0 Å². The predicted molar refractivity (Wildman–Crippen MR) is 88.1 cm³/mol. The molecule has 0 aliphatic rings. The molecule has 3 N–H and O–H groups in total. The van der Waals surface area contributed by atoms with Crippen LogP contribution in [-0.2, 0) is 0 Å². The van der Waals surface area contributed by atoms with Gasteiger partial charge in [0.05, 0.1) is 5.75 Å². The van der Waals surface area contributed by atoms with Crippen molar-refractivity contribution in [2.75, 3.05) is 5.75 Å². The second-order valence-electron chi connectivity index (χ2n) is 4.75. The molecule has 0 spiro atoms. The summed E-state index contributed by atoms with van der Waals surface area (Å²) in [6.45, 7) is 1.97. The number of aryl methyl sites for hydroxylation is 1. The summed E-state index contributed by atoms with van der Waals surface area (Å²) < 4.78 is 0.219. The van der Waals surface area contributed by atoms with Crippen LogP contribution in [-0.4, -0.2) is 31.5 Å². The maximum absolute atomic E-state index is 12.1. The molecular weight excluding hydrogens is 320 g/mol. The molecule has 0 fully saturated rings. The summed E-state index contributed by atoms with van der Waals surface area (Å²) in [5, 5.41) is 0.498. The summed E-state index contributed by atoms with van der Waals surface area (Å²) >= 11 is 6.14. The van der Waals surface area contributed by atoms with Crippen LogP contribution in [0.2, 0.25) is 0 Å². The maximum atomic E-state index is 12.1. The molecule has 2 heterocycles. The van der Waals surface area contributed by atoms with Crippen LogP contribution in [0.5, 0.6) is 0 Å². The van der Waals surface area contributed by atoms with Crippen LogP contribution in [0, 0.1) is 11.7 Å². The van der Waals surface area contributed by atoms with Crippen molar-refractivity contribution < 1.29 is 4.79 Å². The van der Waals surface area contributed by atoms with E-state index in [9.17, 15) is 9.59 Å². The molecular formula is C14H12N4O2S2. The Morgan fingerprint density at radius 2 is 1.95 bits per heavy atom. The molecule has 0 aliphatic heterocycles. The third kappa shape index (κ3) is 3.02. The van der Waals surface area contributed by atoms with Crippen molar-refractivity contribution >= 4 is 40.9 Å². The van der Waals surface area contributed by atoms with Crippen LogP contribution in [0.15, 0.2) is 34.2 Å². The molecule has 1 aromatic carbocycles. The lowest BCUT2D eigenvalue weighted by Crippen LogP contribution is -2.07. The van der Waals surface area contributed by atoms with E-state index >= 15 is 0 Å². The minimum atomic E-state index is -0.331. The highest BCUT2D eigenvalue weighted by Crippen LogP contribution is 2.18. The summed E-state index contributed by atoms with van der Waals surface area (Å²) in [5.41, 5.74) is 2.14. The zero-order valence-corrected chi connectivity index (χ0v) is 13.2. The number of rotatable bonds is 4. The first-order chi connectivity index (χ1) is 10.5. The number of aromatic amines is 3. The van der Waals surface area contributed by atoms with Gasteiger partial charge in [0.2, 0.25) is 0 Å². The fourth-order valence-corrected chi connectivity index (χ4v) is 2.89. The number of hydrogen-bond donors (Lipinski definition) is 3. The number of fused-ring (bicyclic) bond motifs is 1. The van der Waals surface area contributed by atoms with Crippen LogP contribution < -0.4 is 5.56 Å². The highest BCUT2D eigenvalue weighted by atomic mass is 32.2. The number of carbonyl (C=O) groups excluding carboxylic acids is 1. The molecule has 22 heavy (non-hydrogen) atoms. The van der Waals surface area contributed by atoms with Crippen molar-refractivity contribution in [1.82, 2.24) is 19.9 Å². The zero-order valence-electron chi connectivity index (χ0n) is 11.6. The Hall–Kier alpha value is -2.19. The summed E-state index contributed by atoms with van der Waals surface area (Å²) in [7, 11) is 0. The molecule has 0 unspecified atom stereocenters. The van der Waals surface area contributed by atoms with Gasteiger partial charge in [-0.25, -0.2) is 4.98 Å². The van der Waals surface area contributed by atoms with E-state index in [0.29, 0.717) is 21.9 Å². The summed E-state index contributed by atoms with van der Waals surface area (Å²) in [5.74, 6) is 0.244. The van der Waals surface area contributed by atoms with E-state index < -0.39 is 0 Å². The third-order valence-corrected chi connectivity index (χ3v) is 4.16. The van der Waals surface area contributed by atoms with E-state index in [4.69, 9.17) is 12.2 Å². The molecule has 3 rings (SSSR count). The van der Waals surface area contributed by atoms with Gasteiger partial charge >= 0.3 is 0 Å². The number of ketones is 1. The normalized spacial score (nSPS) is 11.0. The number of thioether (sulfide) groups is 1. The van der Waals surface area contributed by atoms with Crippen molar-refractivity contribution in [2.24, 2.45) is 0 Å². The minimum absolute atomic E-state index is 0.00676. The van der Waals surface area contributed by atoms with Gasteiger partial charge < -0.3 is 9.97 Å². The Labute approximate surface area is 134 Å².